The van der Waals surface area contributed by atoms with Crippen LogP contribution >= 0.6 is 0 Å². The number of nitrogens with zero attached hydrogens (tertiary/aromatic N) is 1. The molecule has 0 aromatic heterocycles. The second-order valence-electron chi connectivity index (χ2n) is 3.17. The fraction of sp³-hybridized carbons (Fsp3) is 0.400. The van der Waals surface area contributed by atoms with Gasteiger partial charge in [0.15, 0.2) is 0 Å². The van der Waals surface area contributed by atoms with E-state index in [1.54, 1.807) is 12.1 Å². The van der Waals surface area contributed by atoms with Crippen molar-refractivity contribution in [3.8, 4) is 0 Å². The number of nitrogens with one attached hydrogen (secondary N) is 1. The SMILES string of the molecule is CCNCC(O)c1ccc([N+](=O)[O-])cc1. The number of rotatable bonds is 5. The van der Waals surface area contributed by atoms with E-state index >= 15 is 0 Å². The Kier molecular flexibility index (Phi) is 4.20. The molecule has 0 fully saturated rings. The van der Waals surface area contributed by atoms with Gasteiger partial charge in [-0.05, 0) is 24.2 Å². The van der Waals surface area contributed by atoms with E-state index in [9.17, 15) is 15.2 Å². The molecular formula is C10H14N2O3. The fourth-order valence-corrected chi connectivity index (χ4v) is 1.22. The Morgan fingerprint density at radius 3 is 2.53 bits per heavy atom. The van der Waals surface area contributed by atoms with Crippen molar-refractivity contribution in [3.63, 3.8) is 0 Å². The molecule has 0 aliphatic rings. The van der Waals surface area contributed by atoms with Crippen molar-refractivity contribution < 1.29 is 10.0 Å². The van der Waals surface area contributed by atoms with Crippen LogP contribution in [0.1, 0.15) is 18.6 Å². The molecule has 0 aliphatic carbocycles. The zero-order valence-corrected chi connectivity index (χ0v) is 8.51. The van der Waals surface area contributed by atoms with E-state index in [0.29, 0.717) is 12.1 Å². The maximum atomic E-state index is 10.4. The van der Waals surface area contributed by atoms with Crippen LogP contribution in [-0.2, 0) is 0 Å². The number of nitro groups is 1. The molecular weight excluding hydrogens is 196 g/mol. The van der Waals surface area contributed by atoms with Gasteiger partial charge in [0.25, 0.3) is 5.69 Å². The number of hydrogen-bond donors (Lipinski definition) is 2. The van der Waals surface area contributed by atoms with Gasteiger partial charge in [-0.1, -0.05) is 6.92 Å². The first-order valence-corrected chi connectivity index (χ1v) is 4.78. The van der Waals surface area contributed by atoms with E-state index < -0.39 is 11.0 Å². The summed E-state index contributed by atoms with van der Waals surface area (Å²) >= 11 is 0. The number of nitro benzene ring substituents is 1. The first-order valence-electron chi connectivity index (χ1n) is 4.78. The van der Waals surface area contributed by atoms with Crippen LogP contribution in [0.3, 0.4) is 0 Å². The molecule has 0 radical (unpaired) electrons. The molecule has 1 unspecified atom stereocenters. The van der Waals surface area contributed by atoms with Gasteiger partial charge < -0.3 is 10.4 Å². The minimum atomic E-state index is -0.620. The lowest BCUT2D eigenvalue weighted by molar-refractivity contribution is -0.384. The van der Waals surface area contributed by atoms with Crippen LogP contribution in [0.15, 0.2) is 24.3 Å². The van der Waals surface area contributed by atoms with Crippen LogP contribution in [0.5, 0.6) is 0 Å². The lowest BCUT2D eigenvalue weighted by Crippen LogP contribution is -2.20. The molecule has 0 saturated heterocycles. The Morgan fingerprint density at radius 2 is 2.07 bits per heavy atom. The molecule has 1 atom stereocenters. The predicted octanol–water partition coefficient (Wildman–Crippen LogP) is 1.24. The Morgan fingerprint density at radius 1 is 1.47 bits per heavy atom. The molecule has 5 heteroatoms. The molecule has 0 bridgehead atoms. The maximum Gasteiger partial charge on any atom is 0.269 e. The number of aliphatic hydroxyl groups excluding tert-OH is 1. The molecule has 0 aliphatic heterocycles. The molecule has 2 N–H and O–H groups in total. The van der Waals surface area contributed by atoms with E-state index in [1.165, 1.54) is 12.1 Å². The number of aliphatic hydroxyl groups is 1. The van der Waals surface area contributed by atoms with Crippen molar-refractivity contribution >= 4 is 5.69 Å². The highest BCUT2D eigenvalue weighted by Gasteiger charge is 2.09. The van der Waals surface area contributed by atoms with Crippen molar-refractivity contribution in [1.82, 2.24) is 5.32 Å². The standard InChI is InChI=1S/C10H14N2O3/c1-2-11-7-10(13)8-3-5-9(6-4-8)12(14)15/h3-6,10-11,13H,2,7H2,1H3. The molecule has 0 saturated carbocycles. The van der Waals surface area contributed by atoms with Crippen molar-refractivity contribution in [3.05, 3.63) is 39.9 Å². The number of hydrogen-bond acceptors (Lipinski definition) is 4. The molecule has 1 rings (SSSR count). The highest BCUT2D eigenvalue weighted by Crippen LogP contribution is 2.16. The number of benzene rings is 1. The van der Waals surface area contributed by atoms with Gasteiger partial charge in [0.2, 0.25) is 0 Å². The Balaban J connectivity index is 2.66. The van der Waals surface area contributed by atoms with Gasteiger partial charge in [0.05, 0.1) is 11.0 Å². The summed E-state index contributed by atoms with van der Waals surface area (Å²) in [7, 11) is 0. The van der Waals surface area contributed by atoms with Crippen LogP contribution < -0.4 is 5.32 Å². The summed E-state index contributed by atoms with van der Waals surface area (Å²) in [4.78, 5) is 9.93. The summed E-state index contributed by atoms with van der Waals surface area (Å²) in [6.07, 6.45) is -0.620. The maximum absolute atomic E-state index is 10.4. The summed E-state index contributed by atoms with van der Waals surface area (Å²) in [5.41, 5.74) is 0.718. The molecule has 0 heterocycles. The third-order valence-electron chi connectivity index (χ3n) is 2.08. The molecule has 82 valence electrons. The monoisotopic (exact) mass is 210 g/mol. The predicted molar refractivity (Wildman–Crippen MR) is 56.6 cm³/mol. The zero-order chi connectivity index (χ0) is 11.3. The Labute approximate surface area is 87.9 Å². The molecule has 1 aromatic rings. The average molecular weight is 210 g/mol. The first kappa shape index (κ1) is 11.6. The Bertz CT molecular complexity index is 324. The zero-order valence-electron chi connectivity index (χ0n) is 8.51. The van der Waals surface area contributed by atoms with Crippen LogP contribution in [0.25, 0.3) is 0 Å². The lowest BCUT2D eigenvalue weighted by atomic mass is 10.1. The molecule has 15 heavy (non-hydrogen) atoms. The first-order chi connectivity index (χ1) is 7.15. The van der Waals surface area contributed by atoms with Gasteiger partial charge in [-0.25, -0.2) is 0 Å². The third-order valence-corrected chi connectivity index (χ3v) is 2.08. The largest absolute Gasteiger partial charge is 0.387 e. The van der Waals surface area contributed by atoms with Gasteiger partial charge in [-0.15, -0.1) is 0 Å². The van der Waals surface area contributed by atoms with Crippen molar-refractivity contribution in [2.45, 2.75) is 13.0 Å². The van der Waals surface area contributed by atoms with Crippen LogP contribution in [0.2, 0.25) is 0 Å². The molecule has 0 amide bonds. The minimum Gasteiger partial charge on any atom is -0.387 e. The quantitative estimate of drug-likeness (QED) is 0.566. The van der Waals surface area contributed by atoms with Gasteiger partial charge >= 0.3 is 0 Å². The van der Waals surface area contributed by atoms with E-state index in [1.807, 2.05) is 6.92 Å². The second-order valence-corrected chi connectivity index (χ2v) is 3.17. The van der Waals surface area contributed by atoms with Crippen LogP contribution in [-0.4, -0.2) is 23.1 Å². The second kappa shape index (κ2) is 5.43. The average Bonchev–Trinajstić information content (AvgIpc) is 2.26. The van der Waals surface area contributed by atoms with E-state index in [-0.39, 0.29) is 5.69 Å². The topological polar surface area (TPSA) is 75.4 Å². The lowest BCUT2D eigenvalue weighted by Gasteiger charge is -2.10. The minimum absolute atomic E-state index is 0.0365. The summed E-state index contributed by atoms with van der Waals surface area (Å²) in [5.74, 6) is 0. The third kappa shape index (κ3) is 3.30. The normalized spacial score (nSPS) is 12.4. The van der Waals surface area contributed by atoms with Crippen molar-refractivity contribution in [1.29, 1.82) is 0 Å². The number of non-ortho nitro benzene ring substituents is 1. The number of likely N-dealkylation sites (N-methyl/N-ethyl adjacent to an activating group) is 1. The molecule has 5 nitrogen and oxygen atoms in total. The van der Waals surface area contributed by atoms with E-state index in [4.69, 9.17) is 0 Å². The van der Waals surface area contributed by atoms with Crippen molar-refractivity contribution in [2.24, 2.45) is 0 Å². The van der Waals surface area contributed by atoms with E-state index in [0.717, 1.165) is 6.54 Å². The van der Waals surface area contributed by atoms with Gasteiger partial charge in [-0.3, -0.25) is 10.1 Å². The fourth-order valence-electron chi connectivity index (χ4n) is 1.22. The highest BCUT2D eigenvalue weighted by molar-refractivity contribution is 5.33. The summed E-state index contributed by atoms with van der Waals surface area (Å²) in [5, 5.41) is 23.0. The van der Waals surface area contributed by atoms with Gasteiger partial charge in [0, 0.05) is 18.7 Å². The molecule has 0 spiro atoms. The highest BCUT2D eigenvalue weighted by atomic mass is 16.6. The summed E-state index contributed by atoms with van der Waals surface area (Å²) in [6.45, 7) is 3.18. The summed E-state index contributed by atoms with van der Waals surface area (Å²) in [6, 6.07) is 5.93. The van der Waals surface area contributed by atoms with Crippen LogP contribution in [0, 0.1) is 10.1 Å². The molecule has 1 aromatic carbocycles. The van der Waals surface area contributed by atoms with Gasteiger partial charge in [-0.2, -0.15) is 0 Å². The van der Waals surface area contributed by atoms with E-state index in [2.05, 4.69) is 5.32 Å². The summed E-state index contributed by atoms with van der Waals surface area (Å²) < 4.78 is 0. The van der Waals surface area contributed by atoms with Crippen LogP contribution in [0.4, 0.5) is 5.69 Å². The smallest absolute Gasteiger partial charge is 0.269 e. The van der Waals surface area contributed by atoms with Gasteiger partial charge in [0.1, 0.15) is 0 Å². The Hall–Kier alpha value is -1.46. The van der Waals surface area contributed by atoms with Crippen molar-refractivity contribution in [2.75, 3.05) is 13.1 Å².